The number of benzene rings is 1. The van der Waals surface area contributed by atoms with Crippen LogP contribution in [-0.4, -0.2) is 44.8 Å². The van der Waals surface area contributed by atoms with Crippen molar-refractivity contribution in [2.45, 2.75) is 26.7 Å². The third-order valence-corrected chi connectivity index (χ3v) is 4.52. The minimum atomic E-state index is -0.739. The zero-order valence-corrected chi connectivity index (χ0v) is 18.3. The van der Waals surface area contributed by atoms with E-state index < -0.39 is 23.4 Å². The Morgan fingerprint density at radius 3 is 2.67 bits per heavy atom. The van der Waals surface area contributed by atoms with Gasteiger partial charge in [-0.25, -0.2) is 14.5 Å². The fraction of sp³-hybridized carbons (Fsp3) is 0.273. The molecule has 1 amide bonds. The molecule has 11 heteroatoms. The van der Waals surface area contributed by atoms with Gasteiger partial charge in [0, 0.05) is 6.20 Å². The quantitative estimate of drug-likeness (QED) is 0.295. The molecule has 0 aliphatic heterocycles. The van der Waals surface area contributed by atoms with Gasteiger partial charge in [-0.05, 0) is 37.1 Å². The first-order valence-corrected chi connectivity index (χ1v) is 10.2. The van der Waals surface area contributed by atoms with E-state index in [1.807, 2.05) is 13.8 Å². The zero-order chi connectivity index (χ0) is 24.0. The first-order valence-electron chi connectivity index (χ1n) is 10.2. The molecule has 2 aromatic heterocycles. The Hall–Kier alpha value is -4.28. The van der Waals surface area contributed by atoms with E-state index in [2.05, 4.69) is 15.4 Å². The smallest absolute Gasteiger partial charge is 0.342 e. The molecule has 0 saturated carbocycles. The predicted octanol–water partition coefficient (Wildman–Crippen LogP) is 3.49. The van der Waals surface area contributed by atoms with Crippen molar-refractivity contribution in [2.24, 2.45) is 0 Å². The Balaban J connectivity index is 1.71. The minimum absolute atomic E-state index is 0.0321. The van der Waals surface area contributed by atoms with E-state index in [9.17, 15) is 19.7 Å². The average molecular weight is 453 g/mol. The normalized spacial score (nSPS) is 10.7. The fourth-order valence-corrected chi connectivity index (χ4v) is 3.15. The Bertz CT molecular complexity index is 1160. The second kappa shape index (κ2) is 10.4. The molecule has 1 aromatic carbocycles. The van der Waals surface area contributed by atoms with Crippen molar-refractivity contribution in [3.05, 3.63) is 70.2 Å². The van der Waals surface area contributed by atoms with Crippen molar-refractivity contribution >= 4 is 23.3 Å². The summed E-state index contributed by atoms with van der Waals surface area (Å²) < 4.78 is 11.9. The number of rotatable bonds is 9. The van der Waals surface area contributed by atoms with Gasteiger partial charge in [-0.2, -0.15) is 5.10 Å². The van der Waals surface area contributed by atoms with Crippen molar-refractivity contribution in [3.8, 4) is 11.6 Å². The van der Waals surface area contributed by atoms with Crippen LogP contribution in [0.3, 0.4) is 0 Å². The second-order valence-corrected chi connectivity index (χ2v) is 7.19. The van der Waals surface area contributed by atoms with Crippen molar-refractivity contribution in [1.29, 1.82) is 0 Å². The van der Waals surface area contributed by atoms with Crippen LogP contribution in [0.2, 0.25) is 0 Å². The van der Waals surface area contributed by atoms with Gasteiger partial charge < -0.3 is 14.8 Å². The maximum absolute atomic E-state index is 12.7. The molecule has 11 nitrogen and oxygen atoms in total. The van der Waals surface area contributed by atoms with E-state index in [1.54, 1.807) is 36.0 Å². The topological polar surface area (TPSA) is 138 Å². The fourth-order valence-electron chi connectivity index (χ4n) is 3.15. The number of carbonyl (C=O) groups excluding carboxylic acids is 2. The molecule has 172 valence electrons. The number of nitrogens with one attached hydrogen (secondary N) is 1. The number of pyridine rings is 1. The van der Waals surface area contributed by atoms with Gasteiger partial charge in [-0.15, -0.1) is 0 Å². The highest BCUT2D eigenvalue weighted by Gasteiger charge is 2.24. The molecule has 0 fully saturated rings. The van der Waals surface area contributed by atoms with E-state index in [0.29, 0.717) is 23.9 Å². The molecular formula is C22H23N5O6. The number of amides is 1. The van der Waals surface area contributed by atoms with Gasteiger partial charge >= 0.3 is 5.97 Å². The van der Waals surface area contributed by atoms with Crippen LogP contribution in [0.1, 0.15) is 42.7 Å². The molecule has 0 atom stereocenters. The highest BCUT2D eigenvalue weighted by atomic mass is 16.6. The van der Waals surface area contributed by atoms with E-state index in [-0.39, 0.29) is 22.9 Å². The summed E-state index contributed by atoms with van der Waals surface area (Å²) in [4.78, 5) is 39.9. The molecule has 0 unspecified atom stereocenters. The number of hydrogen-bond acceptors (Lipinski definition) is 8. The van der Waals surface area contributed by atoms with Gasteiger partial charge in [0.25, 0.3) is 11.6 Å². The molecule has 0 aliphatic carbocycles. The number of nitrogens with zero attached hydrogens (tertiary/aromatic N) is 4. The van der Waals surface area contributed by atoms with Crippen LogP contribution in [-0.2, 0) is 9.53 Å². The SMILES string of the molecule is CCOc1ccc(NC(=O)COC(=O)c2cnn(-c3ccccn3)c2C(C)C)c([N+](=O)[O-])c1. The monoisotopic (exact) mass is 453 g/mol. The number of nitro groups is 1. The van der Waals surface area contributed by atoms with Crippen LogP contribution >= 0.6 is 0 Å². The molecule has 33 heavy (non-hydrogen) atoms. The molecular weight excluding hydrogens is 430 g/mol. The highest BCUT2D eigenvalue weighted by Crippen LogP contribution is 2.29. The Kier molecular flexibility index (Phi) is 7.34. The lowest BCUT2D eigenvalue weighted by molar-refractivity contribution is -0.384. The van der Waals surface area contributed by atoms with Crippen LogP contribution in [0.15, 0.2) is 48.8 Å². The third kappa shape index (κ3) is 5.50. The predicted molar refractivity (Wildman–Crippen MR) is 119 cm³/mol. The third-order valence-electron chi connectivity index (χ3n) is 4.52. The van der Waals surface area contributed by atoms with E-state index in [1.165, 1.54) is 24.4 Å². The van der Waals surface area contributed by atoms with Crippen molar-refractivity contribution in [1.82, 2.24) is 14.8 Å². The first kappa shape index (κ1) is 23.4. The summed E-state index contributed by atoms with van der Waals surface area (Å²) in [6, 6.07) is 9.40. The number of carbonyl (C=O) groups is 2. The summed E-state index contributed by atoms with van der Waals surface area (Å²) in [5.74, 6) is -0.700. The summed E-state index contributed by atoms with van der Waals surface area (Å²) in [6.45, 7) is 5.25. The number of hydrogen-bond donors (Lipinski definition) is 1. The van der Waals surface area contributed by atoms with Gasteiger partial charge in [-0.1, -0.05) is 19.9 Å². The summed E-state index contributed by atoms with van der Waals surface area (Å²) in [5.41, 5.74) is 0.423. The Morgan fingerprint density at radius 1 is 1.24 bits per heavy atom. The molecule has 2 heterocycles. The van der Waals surface area contributed by atoms with Gasteiger partial charge in [0.15, 0.2) is 12.4 Å². The number of aromatic nitrogens is 3. The standard InChI is InChI=1S/C22H23N5O6/c1-4-32-15-8-9-17(18(11-15)27(30)31)25-20(28)13-33-22(29)16-12-24-26(21(16)14(2)3)19-7-5-6-10-23-19/h5-12,14H,4,13H2,1-3H3,(H,25,28). The van der Waals surface area contributed by atoms with Gasteiger partial charge in [-0.3, -0.25) is 14.9 Å². The Labute approximate surface area is 189 Å². The second-order valence-electron chi connectivity index (χ2n) is 7.19. The summed E-state index contributed by atoms with van der Waals surface area (Å²) in [6.07, 6.45) is 2.98. The summed E-state index contributed by atoms with van der Waals surface area (Å²) in [5, 5.41) is 18.0. The largest absolute Gasteiger partial charge is 0.494 e. The Morgan fingerprint density at radius 2 is 2.03 bits per heavy atom. The van der Waals surface area contributed by atoms with Gasteiger partial charge in [0.05, 0.1) is 29.5 Å². The molecule has 0 bridgehead atoms. The lowest BCUT2D eigenvalue weighted by Crippen LogP contribution is -2.22. The molecule has 3 aromatic rings. The van der Waals surface area contributed by atoms with Gasteiger partial charge in [0.2, 0.25) is 0 Å². The number of nitro benzene ring substituents is 1. The number of anilines is 1. The van der Waals surface area contributed by atoms with Crippen LogP contribution < -0.4 is 10.1 Å². The molecule has 0 radical (unpaired) electrons. The molecule has 0 saturated heterocycles. The minimum Gasteiger partial charge on any atom is -0.494 e. The average Bonchev–Trinajstić information content (AvgIpc) is 3.25. The lowest BCUT2D eigenvalue weighted by Gasteiger charge is -2.12. The summed E-state index contributed by atoms with van der Waals surface area (Å²) in [7, 11) is 0. The van der Waals surface area contributed by atoms with Crippen molar-refractivity contribution in [2.75, 3.05) is 18.5 Å². The summed E-state index contributed by atoms with van der Waals surface area (Å²) >= 11 is 0. The lowest BCUT2D eigenvalue weighted by atomic mass is 10.1. The molecule has 1 N–H and O–H groups in total. The first-order chi connectivity index (χ1) is 15.8. The van der Waals surface area contributed by atoms with E-state index in [0.717, 1.165) is 0 Å². The molecule has 3 rings (SSSR count). The van der Waals surface area contributed by atoms with Crippen LogP contribution in [0.4, 0.5) is 11.4 Å². The van der Waals surface area contributed by atoms with Crippen molar-refractivity contribution < 1.29 is 24.0 Å². The molecule has 0 spiro atoms. The maximum atomic E-state index is 12.7. The van der Waals surface area contributed by atoms with Crippen LogP contribution in [0.5, 0.6) is 5.75 Å². The van der Waals surface area contributed by atoms with Gasteiger partial charge in [0.1, 0.15) is 17.0 Å². The van der Waals surface area contributed by atoms with Crippen molar-refractivity contribution in [3.63, 3.8) is 0 Å². The van der Waals surface area contributed by atoms with E-state index >= 15 is 0 Å². The zero-order valence-electron chi connectivity index (χ0n) is 18.3. The maximum Gasteiger partial charge on any atom is 0.342 e. The number of esters is 1. The highest BCUT2D eigenvalue weighted by molar-refractivity contribution is 5.97. The van der Waals surface area contributed by atoms with E-state index in [4.69, 9.17) is 9.47 Å². The van der Waals surface area contributed by atoms with Crippen LogP contribution in [0.25, 0.3) is 5.82 Å². The number of ether oxygens (including phenoxy) is 2. The van der Waals surface area contributed by atoms with Crippen LogP contribution in [0, 0.1) is 10.1 Å². The molecule has 0 aliphatic rings.